The molecule has 0 amide bonds. The number of hydrogen-bond acceptors (Lipinski definition) is 4. The smallest absolute Gasteiger partial charge is 0.335 e. The molecule has 3 rings (SSSR count). The summed E-state index contributed by atoms with van der Waals surface area (Å²) in [7, 11) is 0. The maximum Gasteiger partial charge on any atom is 0.335 e. The highest BCUT2D eigenvalue weighted by molar-refractivity contribution is 5.88. The van der Waals surface area contributed by atoms with Crippen LogP contribution in [0.15, 0.2) is 36.7 Å². The number of nitrogens with zero attached hydrogens (tertiary/aromatic N) is 2. The van der Waals surface area contributed by atoms with Crippen molar-refractivity contribution in [3.8, 4) is 11.3 Å². The summed E-state index contributed by atoms with van der Waals surface area (Å²) in [5.41, 5.74) is 2.87. The normalized spacial score (nSPS) is 18.1. The Labute approximate surface area is 116 Å². The van der Waals surface area contributed by atoms with E-state index in [1.54, 1.807) is 36.7 Å². The van der Waals surface area contributed by atoms with Gasteiger partial charge in [0.15, 0.2) is 0 Å². The van der Waals surface area contributed by atoms with Crippen molar-refractivity contribution in [2.75, 3.05) is 6.54 Å². The Bertz CT molecular complexity index is 619. The first-order valence-electron chi connectivity index (χ1n) is 6.63. The fourth-order valence-electron chi connectivity index (χ4n) is 2.41. The van der Waals surface area contributed by atoms with Gasteiger partial charge in [0.2, 0.25) is 0 Å². The van der Waals surface area contributed by atoms with Crippen LogP contribution in [0.1, 0.15) is 34.9 Å². The van der Waals surface area contributed by atoms with E-state index in [1.165, 1.54) is 0 Å². The SMILES string of the molecule is O=C(O)c1ccc(-c2cncc(C3CCCN3)n2)cc1. The number of carboxylic acids is 1. The molecule has 5 nitrogen and oxygen atoms in total. The predicted octanol–water partition coefficient (Wildman–Crippen LogP) is 2.27. The van der Waals surface area contributed by atoms with E-state index in [4.69, 9.17) is 5.11 Å². The number of nitrogens with one attached hydrogen (secondary N) is 1. The molecule has 2 aromatic rings. The van der Waals surface area contributed by atoms with Crippen molar-refractivity contribution < 1.29 is 9.90 Å². The number of carbonyl (C=O) groups is 1. The number of aromatic nitrogens is 2. The lowest BCUT2D eigenvalue weighted by atomic mass is 10.1. The molecule has 5 heteroatoms. The molecule has 1 unspecified atom stereocenters. The van der Waals surface area contributed by atoms with Gasteiger partial charge in [-0.15, -0.1) is 0 Å². The van der Waals surface area contributed by atoms with Crippen molar-refractivity contribution in [3.63, 3.8) is 0 Å². The zero-order valence-corrected chi connectivity index (χ0v) is 10.9. The summed E-state index contributed by atoms with van der Waals surface area (Å²) in [5.74, 6) is -0.924. The van der Waals surface area contributed by atoms with Crippen LogP contribution in [0, 0.1) is 0 Å². The summed E-state index contributed by atoms with van der Waals surface area (Å²) < 4.78 is 0. The van der Waals surface area contributed by atoms with Gasteiger partial charge in [-0.1, -0.05) is 12.1 Å². The maximum absolute atomic E-state index is 10.8. The Hall–Kier alpha value is -2.27. The highest BCUT2D eigenvalue weighted by Crippen LogP contribution is 2.23. The van der Waals surface area contributed by atoms with Gasteiger partial charge in [-0.3, -0.25) is 4.98 Å². The molecule has 2 heterocycles. The highest BCUT2D eigenvalue weighted by Gasteiger charge is 2.18. The Morgan fingerprint density at radius 3 is 2.70 bits per heavy atom. The van der Waals surface area contributed by atoms with Crippen LogP contribution in [-0.4, -0.2) is 27.6 Å². The van der Waals surface area contributed by atoms with Crippen molar-refractivity contribution in [2.24, 2.45) is 0 Å². The first-order valence-corrected chi connectivity index (χ1v) is 6.63. The van der Waals surface area contributed by atoms with E-state index >= 15 is 0 Å². The molecule has 1 atom stereocenters. The van der Waals surface area contributed by atoms with Gasteiger partial charge in [-0.2, -0.15) is 0 Å². The molecule has 0 aliphatic carbocycles. The number of aromatic carboxylic acids is 1. The number of benzene rings is 1. The molecule has 1 saturated heterocycles. The lowest BCUT2D eigenvalue weighted by molar-refractivity contribution is 0.0697. The zero-order valence-electron chi connectivity index (χ0n) is 10.9. The van der Waals surface area contributed by atoms with E-state index in [9.17, 15) is 4.79 Å². The van der Waals surface area contributed by atoms with Crippen molar-refractivity contribution in [2.45, 2.75) is 18.9 Å². The highest BCUT2D eigenvalue weighted by atomic mass is 16.4. The molecule has 1 aromatic heterocycles. The van der Waals surface area contributed by atoms with E-state index < -0.39 is 5.97 Å². The van der Waals surface area contributed by atoms with Crippen molar-refractivity contribution in [3.05, 3.63) is 47.9 Å². The third-order valence-corrected chi connectivity index (χ3v) is 3.50. The molecule has 0 saturated carbocycles. The molecule has 2 N–H and O–H groups in total. The standard InChI is InChI=1S/C15H15N3O2/c19-15(20)11-5-3-10(4-6-11)13-8-16-9-14(18-13)12-2-1-7-17-12/h3-6,8-9,12,17H,1-2,7H2,(H,19,20). The van der Waals surface area contributed by atoms with Gasteiger partial charge in [0.05, 0.1) is 35.4 Å². The van der Waals surface area contributed by atoms with Gasteiger partial charge in [-0.05, 0) is 31.5 Å². The van der Waals surface area contributed by atoms with E-state index in [-0.39, 0.29) is 11.6 Å². The van der Waals surface area contributed by atoms with Gasteiger partial charge < -0.3 is 10.4 Å². The van der Waals surface area contributed by atoms with Crippen molar-refractivity contribution >= 4 is 5.97 Å². The zero-order chi connectivity index (χ0) is 13.9. The molecular weight excluding hydrogens is 254 g/mol. The second-order valence-corrected chi connectivity index (χ2v) is 4.86. The average molecular weight is 269 g/mol. The summed E-state index contributed by atoms with van der Waals surface area (Å²) in [6.45, 7) is 1.02. The average Bonchev–Trinajstić information content (AvgIpc) is 3.02. The largest absolute Gasteiger partial charge is 0.478 e. The molecule has 0 radical (unpaired) electrons. The summed E-state index contributed by atoms with van der Waals surface area (Å²) in [6, 6.07) is 6.97. The van der Waals surface area contributed by atoms with Gasteiger partial charge in [0, 0.05) is 5.56 Å². The maximum atomic E-state index is 10.8. The Morgan fingerprint density at radius 1 is 1.25 bits per heavy atom. The van der Waals surface area contributed by atoms with E-state index in [2.05, 4.69) is 15.3 Å². The van der Waals surface area contributed by atoms with Gasteiger partial charge in [0.25, 0.3) is 0 Å². The monoisotopic (exact) mass is 269 g/mol. The van der Waals surface area contributed by atoms with Crippen LogP contribution in [0.5, 0.6) is 0 Å². The fraction of sp³-hybridized carbons (Fsp3) is 0.267. The molecule has 1 fully saturated rings. The van der Waals surface area contributed by atoms with Crippen molar-refractivity contribution in [1.82, 2.24) is 15.3 Å². The van der Waals surface area contributed by atoms with Gasteiger partial charge in [-0.25, -0.2) is 9.78 Å². The third kappa shape index (κ3) is 2.53. The fourth-order valence-corrected chi connectivity index (χ4v) is 2.41. The van der Waals surface area contributed by atoms with Crippen LogP contribution in [-0.2, 0) is 0 Å². The number of hydrogen-bond donors (Lipinski definition) is 2. The molecule has 1 aliphatic heterocycles. The molecule has 102 valence electrons. The van der Waals surface area contributed by atoms with Crippen LogP contribution >= 0.6 is 0 Å². The first kappa shape index (κ1) is 12.7. The topological polar surface area (TPSA) is 75.1 Å². The minimum Gasteiger partial charge on any atom is -0.478 e. The molecule has 1 aliphatic rings. The van der Waals surface area contributed by atoms with E-state index in [1.807, 2.05) is 0 Å². The Kier molecular flexibility index (Phi) is 3.43. The molecule has 0 bridgehead atoms. The van der Waals surface area contributed by atoms with Gasteiger partial charge in [0.1, 0.15) is 0 Å². The van der Waals surface area contributed by atoms with Crippen LogP contribution in [0.2, 0.25) is 0 Å². The summed E-state index contributed by atoms with van der Waals surface area (Å²) >= 11 is 0. The second-order valence-electron chi connectivity index (χ2n) is 4.86. The third-order valence-electron chi connectivity index (χ3n) is 3.50. The van der Waals surface area contributed by atoms with Crippen LogP contribution < -0.4 is 5.32 Å². The van der Waals surface area contributed by atoms with Crippen LogP contribution in [0.4, 0.5) is 0 Å². The minimum atomic E-state index is -0.924. The Balaban J connectivity index is 1.89. The van der Waals surface area contributed by atoms with Crippen LogP contribution in [0.25, 0.3) is 11.3 Å². The minimum absolute atomic E-state index is 0.273. The lowest BCUT2D eigenvalue weighted by Crippen LogP contribution is -2.14. The summed E-state index contributed by atoms with van der Waals surface area (Å²) in [4.78, 5) is 19.7. The van der Waals surface area contributed by atoms with Crippen LogP contribution in [0.3, 0.4) is 0 Å². The van der Waals surface area contributed by atoms with Gasteiger partial charge >= 0.3 is 5.97 Å². The molecule has 0 spiro atoms. The predicted molar refractivity (Wildman–Crippen MR) is 74.4 cm³/mol. The summed E-state index contributed by atoms with van der Waals surface area (Å²) in [6.07, 6.45) is 5.73. The van der Waals surface area contributed by atoms with E-state index in [0.29, 0.717) is 0 Å². The quantitative estimate of drug-likeness (QED) is 0.894. The molecular formula is C15H15N3O2. The number of rotatable bonds is 3. The lowest BCUT2D eigenvalue weighted by Gasteiger charge is -2.10. The molecule has 1 aromatic carbocycles. The molecule has 20 heavy (non-hydrogen) atoms. The van der Waals surface area contributed by atoms with E-state index in [0.717, 1.165) is 36.3 Å². The number of carboxylic acid groups (broad SMARTS) is 1. The van der Waals surface area contributed by atoms with Crippen molar-refractivity contribution in [1.29, 1.82) is 0 Å². The first-order chi connectivity index (χ1) is 9.74. The Morgan fingerprint density at radius 2 is 2.05 bits per heavy atom. The summed E-state index contributed by atoms with van der Waals surface area (Å²) in [5, 5.41) is 12.3. The second kappa shape index (κ2) is 5.38.